The van der Waals surface area contributed by atoms with Crippen LogP contribution in [0.25, 0.3) is 0 Å². The molecule has 5 nitrogen and oxygen atoms in total. The molecule has 0 radical (unpaired) electrons. The van der Waals surface area contributed by atoms with E-state index in [2.05, 4.69) is 0 Å². The molecule has 0 spiro atoms. The standard InChI is InChI=1S/C8H10N2O3/c1-6(11)9-3-2-8(12)10(9)4-7-5-13-7/h2-3,7H,4-5H2,1H3/t7-/m1/s1. The maximum Gasteiger partial charge on any atom is 0.267 e. The van der Waals surface area contributed by atoms with E-state index < -0.39 is 0 Å². The van der Waals surface area contributed by atoms with Gasteiger partial charge in [0.25, 0.3) is 5.56 Å². The van der Waals surface area contributed by atoms with Crippen LogP contribution in [0.4, 0.5) is 0 Å². The van der Waals surface area contributed by atoms with Crippen LogP contribution in [0.5, 0.6) is 0 Å². The highest BCUT2D eigenvalue weighted by molar-refractivity contribution is 5.75. The van der Waals surface area contributed by atoms with Crippen molar-refractivity contribution >= 4 is 5.91 Å². The van der Waals surface area contributed by atoms with E-state index in [0.29, 0.717) is 13.2 Å². The van der Waals surface area contributed by atoms with Gasteiger partial charge >= 0.3 is 0 Å². The predicted molar refractivity (Wildman–Crippen MR) is 44.7 cm³/mol. The second-order valence-corrected chi connectivity index (χ2v) is 3.06. The summed E-state index contributed by atoms with van der Waals surface area (Å²) in [6, 6.07) is 1.38. The van der Waals surface area contributed by atoms with E-state index in [4.69, 9.17) is 4.74 Å². The van der Waals surface area contributed by atoms with Gasteiger partial charge in [0.2, 0.25) is 5.91 Å². The van der Waals surface area contributed by atoms with Crippen LogP contribution in [0.2, 0.25) is 0 Å². The molecule has 2 rings (SSSR count). The van der Waals surface area contributed by atoms with Crippen molar-refractivity contribution in [1.29, 1.82) is 0 Å². The summed E-state index contributed by atoms with van der Waals surface area (Å²) in [5.41, 5.74) is -0.161. The zero-order valence-electron chi connectivity index (χ0n) is 7.27. The first-order chi connectivity index (χ1) is 6.18. The van der Waals surface area contributed by atoms with Crippen molar-refractivity contribution in [2.45, 2.75) is 19.6 Å². The van der Waals surface area contributed by atoms with Crippen LogP contribution in [0.1, 0.15) is 11.7 Å². The Hall–Kier alpha value is -1.36. The molecule has 13 heavy (non-hydrogen) atoms. The Balaban J connectivity index is 2.33. The molecule has 0 saturated carbocycles. The first-order valence-corrected chi connectivity index (χ1v) is 4.09. The zero-order chi connectivity index (χ0) is 9.42. The largest absolute Gasteiger partial charge is 0.371 e. The van der Waals surface area contributed by atoms with E-state index in [1.807, 2.05) is 0 Å². The number of carbonyl (C=O) groups is 1. The van der Waals surface area contributed by atoms with E-state index >= 15 is 0 Å². The predicted octanol–water partition coefficient (Wildman–Crippen LogP) is -0.291. The van der Waals surface area contributed by atoms with Gasteiger partial charge in [0, 0.05) is 19.2 Å². The van der Waals surface area contributed by atoms with Crippen LogP contribution in [-0.2, 0) is 11.3 Å². The van der Waals surface area contributed by atoms with Gasteiger partial charge in [0.15, 0.2) is 0 Å². The van der Waals surface area contributed by atoms with Gasteiger partial charge < -0.3 is 4.74 Å². The van der Waals surface area contributed by atoms with Crippen molar-refractivity contribution in [1.82, 2.24) is 9.36 Å². The van der Waals surface area contributed by atoms with E-state index in [0.717, 1.165) is 0 Å². The minimum Gasteiger partial charge on any atom is -0.371 e. The van der Waals surface area contributed by atoms with Gasteiger partial charge in [-0.15, -0.1) is 0 Å². The van der Waals surface area contributed by atoms with Crippen LogP contribution in [0, 0.1) is 0 Å². The molecule has 1 fully saturated rings. The molecule has 0 N–H and O–H groups in total. The highest BCUT2D eigenvalue weighted by Crippen LogP contribution is 2.10. The Morgan fingerprint density at radius 2 is 2.46 bits per heavy atom. The van der Waals surface area contributed by atoms with E-state index in [1.54, 1.807) is 0 Å². The van der Waals surface area contributed by atoms with Crippen LogP contribution in [0.15, 0.2) is 17.1 Å². The third-order valence-corrected chi connectivity index (χ3v) is 1.97. The van der Waals surface area contributed by atoms with E-state index in [1.165, 1.54) is 28.6 Å². The molecule has 2 heterocycles. The maximum atomic E-state index is 11.2. The lowest BCUT2D eigenvalue weighted by Crippen LogP contribution is -2.27. The fourth-order valence-electron chi connectivity index (χ4n) is 1.23. The Morgan fingerprint density at radius 3 is 3.00 bits per heavy atom. The summed E-state index contributed by atoms with van der Waals surface area (Å²) in [5.74, 6) is -0.164. The molecular formula is C8H10N2O3. The van der Waals surface area contributed by atoms with Gasteiger partial charge in [-0.05, 0) is 0 Å². The molecule has 5 heteroatoms. The number of carbonyl (C=O) groups excluding carboxylic acids is 1. The molecule has 1 aliphatic rings. The number of rotatable bonds is 2. The van der Waals surface area contributed by atoms with Gasteiger partial charge in [-0.2, -0.15) is 0 Å². The highest BCUT2D eigenvalue weighted by Gasteiger charge is 2.24. The maximum absolute atomic E-state index is 11.2. The van der Waals surface area contributed by atoms with E-state index in [-0.39, 0.29) is 17.6 Å². The number of hydrogen-bond acceptors (Lipinski definition) is 3. The van der Waals surface area contributed by atoms with Gasteiger partial charge in [-0.1, -0.05) is 0 Å². The monoisotopic (exact) mass is 182 g/mol. The van der Waals surface area contributed by atoms with Crippen molar-refractivity contribution in [2.24, 2.45) is 0 Å². The summed E-state index contributed by atoms with van der Waals surface area (Å²) in [6.45, 7) is 2.56. The third kappa shape index (κ3) is 1.55. The Morgan fingerprint density at radius 1 is 1.77 bits per heavy atom. The SMILES string of the molecule is CC(=O)n1ccc(=O)n1C[C@@H]1CO1. The number of nitrogens with zero attached hydrogens (tertiary/aromatic N) is 2. The minimum atomic E-state index is -0.164. The average molecular weight is 182 g/mol. The molecule has 70 valence electrons. The Labute approximate surface area is 74.5 Å². The summed E-state index contributed by atoms with van der Waals surface area (Å²) in [7, 11) is 0. The molecule has 1 aliphatic heterocycles. The van der Waals surface area contributed by atoms with Gasteiger partial charge in [0.1, 0.15) is 6.10 Å². The fourth-order valence-corrected chi connectivity index (χ4v) is 1.23. The zero-order valence-corrected chi connectivity index (χ0v) is 7.27. The lowest BCUT2D eigenvalue weighted by molar-refractivity contribution is 0.0899. The second kappa shape index (κ2) is 2.85. The first-order valence-electron chi connectivity index (χ1n) is 4.09. The summed E-state index contributed by atoms with van der Waals surface area (Å²) < 4.78 is 7.69. The minimum absolute atomic E-state index is 0.102. The molecule has 1 aromatic rings. The van der Waals surface area contributed by atoms with E-state index in [9.17, 15) is 9.59 Å². The summed E-state index contributed by atoms with van der Waals surface area (Å²) in [4.78, 5) is 22.3. The fraction of sp³-hybridized carbons (Fsp3) is 0.500. The van der Waals surface area contributed by atoms with Crippen molar-refractivity contribution in [2.75, 3.05) is 6.61 Å². The van der Waals surface area contributed by atoms with Gasteiger partial charge in [-0.25, -0.2) is 9.36 Å². The van der Waals surface area contributed by atoms with Crippen LogP contribution in [0.3, 0.4) is 0 Å². The molecule has 0 aliphatic carbocycles. The lowest BCUT2D eigenvalue weighted by Gasteiger charge is -2.05. The Bertz CT molecular complexity index is 386. The molecule has 0 bridgehead atoms. The third-order valence-electron chi connectivity index (χ3n) is 1.97. The molecule has 1 atom stereocenters. The highest BCUT2D eigenvalue weighted by atomic mass is 16.6. The molecule has 1 aromatic heterocycles. The second-order valence-electron chi connectivity index (χ2n) is 3.06. The summed E-state index contributed by atoms with van der Waals surface area (Å²) in [5, 5.41) is 0. The first kappa shape index (κ1) is 8.25. The number of epoxide rings is 1. The summed E-state index contributed by atoms with van der Waals surface area (Å²) in [6.07, 6.45) is 1.58. The van der Waals surface area contributed by atoms with Gasteiger partial charge in [-0.3, -0.25) is 9.59 Å². The molecule has 0 aromatic carbocycles. The smallest absolute Gasteiger partial charge is 0.267 e. The average Bonchev–Trinajstić information content (AvgIpc) is 2.78. The van der Waals surface area contributed by atoms with Crippen LogP contribution >= 0.6 is 0 Å². The van der Waals surface area contributed by atoms with Crippen molar-refractivity contribution in [3.05, 3.63) is 22.6 Å². The number of ether oxygens (including phenoxy) is 1. The molecule has 0 amide bonds. The van der Waals surface area contributed by atoms with Crippen LogP contribution < -0.4 is 5.56 Å². The normalized spacial score (nSPS) is 20.2. The molecular weight excluding hydrogens is 172 g/mol. The van der Waals surface area contributed by atoms with Crippen LogP contribution in [-0.4, -0.2) is 28.0 Å². The topological polar surface area (TPSA) is 56.5 Å². The molecule has 0 unspecified atom stereocenters. The summed E-state index contributed by atoms with van der Waals surface area (Å²) >= 11 is 0. The number of aromatic nitrogens is 2. The van der Waals surface area contributed by atoms with Crippen molar-refractivity contribution in [3.8, 4) is 0 Å². The van der Waals surface area contributed by atoms with Crippen molar-refractivity contribution in [3.63, 3.8) is 0 Å². The Kier molecular flexibility index (Phi) is 1.81. The lowest BCUT2D eigenvalue weighted by atomic mass is 10.5. The number of hydrogen-bond donors (Lipinski definition) is 0. The van der Waals surface area contributed by atoms with Gasteiger partial charge in [0.05, 0.1) is 13.2 Å². The quantitative estimate of drug-likeness (QED) is 0.590. The van der Waals surface area contributed by atoms with Crippen molar-refractivity contribution < 1.29 is 9.53 Å². The molecule has 1 saturated heterocycles.